The number of methoxy groups -OCH3 is 1. The molecule has 2 rings (SSSR count). The van der Waals surface area contributed by atoms with Gasteiger partial charge in [-0.1, -0.05) is 11.6 Å². The third-order valence-electron chi connectivity index (χ3n) is 2.42. The smallest absolute Gasteiger partial charge is 0.128 e. The summed E-state index contributed by atoms with van der Waals surface area (Å²) in [4.78, 5) is 7.60. The van der Waals surface area contributed by atoms with Crippen molar-refractivity contribution in [1.82, 2.24) is 9.97 Å². The van der Waals surface area contributed by atoms with Crippen LogP contribution in [-0.4, -0.2) is 17.1 Å². The number of ether oxygens (including phenoxy) is 1. The highest BCUT2D eigenvalue weighted by Crippen LogP contribution is 2.32. The molecule has 0 saturated carbocycles. The van der Waals surface area contributed by atoms with Crippen molar-refractivity contribution in [3.05, 3.63) is 34.7 Å². The Hall–Kier alpha value is -1.48. The summed E-state index contributed by atoms with van der Waals surface area (Å²) in [6, 6.07) is 5.52. The zero-order chi connectivity index (χ0) is 11.7. The van der Waals surface area contributed by atoms with Crippen molar-refractivity contribution < 1.29 is 4.74 Å². The lowest BCUT2D eigenvalue weighted by Gasteiger charge is -2.07. The maximum atomic E-state index is 5.99. The van der Waals surface area contributed by atoms with Crippen LogP contribution in [0.3, 0.4) is 0 Å². The largest absolute Gasteiger partial charge is 0.496 e. The Morgan fingerprint density at radius 1 is 1.31 bits per heavy atom. The van der Waals surface area contributed by atoms with Crippen LogP contribution in [0.15, 0.2) is 18.2 Å². The van der Waals surface area contributed by atoms with E-state index in [4.69, 9.17) is 16.3 Å². The molecule has 0 radical (unpaired) electrons. The number of rotatable bonds is 2. The van der Waals surface area contributed by atoms with Crippen LogP contribution in [0, 0.1) is 13.8 Å². The molecular weight excluding hydrogens is 224 g/mol. The van der Waals surface area contributed by atoms with E-state index in [0.29, 0.717) is 5.02 Å². The summed E-state index contributed by atoms with van der Waals surface area (Å²) in [6.07, 6.45) is 0. The molecule has 1 heterocycles. The molecule has 1 N–H and O–H groups in total. The quantitative estimate of drug-likeness (QED) is 0.868. The Morgan fingerprint density at radius 2 is 2.06 bits per heavy atom. The molecule has 0 fully saturated rings. The Labute approximate surface area is 99.4 Å². The first kappa shape index (κ1) is 11.0. The van der Waals surface area contributed by atoms with Crippen molar-refractivity contribution in [2.24, 2.45) is 0 Å². The first-order valence-electron chi connectivity index (χ1n) is 4.99. The fourth-order valence-corrected chi connectivity index (χ4v) is 1.91. The van der Waals surface area contributed by atoms with Crippen LogP contribution in [0.25, 0.3) is 11.3 Å². The van der Waals surface area contributed by atoms with E-state index in [1.807, 2.05) is 26.0 Å². The predicted molar refractivity (Wildman–Crippen MR) is 65.1 cm³/mol. The van der Waals surface area contributed by atoms with Gasteiger partial charge in [0.05, 0.1) is 12.8 Å². The molecule has 84 valence electrons. The average molecular weight is 237 g/mol. The van der Waals surface area contributed by atoms with Crippen molar-refractivity contribution >= 4 is 11.6 Å². The van der Waals surface area contributed by atoms with Crippen LogP contribution in [-0.2, 0) is 0 Å². The van der Waals surface area contributed by atoms with Gasteiger partial charge in [0.15, 0.2) is 0 Å². The normalized spacial score (nSPS) is 10.5. The summed E-state index contributed by atoms with van der Waals surface area (Å²) in [5.74, 6) is 1.66. The van der Waals surface area contributed by atoms with Crippen LogP contribution in [0.2, 0.25) is 5.02 Å². The molecule has 0 aliphatic carbocycles. The fraction of sp³-hybridized carbons (Fsp3) is 0.250. The van der Waals surface area contributed by atoms with Gasteiger partial charge in [-0.3, -0.25) is 0 Å². The molecular formula is C12H13ClN2O. The van der Waals surface area contributed by atoms with E-state index in [-0.39, 0.29) is 0 Å². The van der Waals surface area contributed by atoms with Crippen LogP contribution < -0.4 is 4.74 Å². The second kappa shape index (κ2) is 4.18. The SMILES string of the molecule is COc1ccc(Cl)cc1-c1nc(C)[nH]c1C. The van der Waals surface area contributed by atoms with Crippen molar-refractivity contribution in [3.63, 3.8) is 0 Å². The van der Waals surface area contributed by atoms with Crippen LogP contribution in [0.5, 0.6) is 5.75 Å². The second-order valence-corrected chi connectivity index (χ2v) is 4.08. The van der Waals surface area contributed by atoms with Gasteiger partial charge in [-0.25, -0.2) is 4.98 Å². The molecule has 1 aromatic heterocycles. The van der Waals surface area contributed by atoms with E-state index >= 15 is 0 Å². The van der Waals surface area contributed by atoms with E-state index in [1.165, 1.54) is 0 Å². The molecule has 2 aromatic rings. The second-order valence-electron chi connectivity index (χ2n) is 3.64. The molecule has 4 heteroatoms. The van der Waals surface area contributed by atoms with Crippen molar-refractivity contribution in [3.8, 4) is 17.0 Å². The molecule has 0 aliphatic rings. The summed E-state index contributed by atoms with van der Waals surface area (Å²) >= 11 is 5.99. The van der Waals surface area contributed by atoms with Gasteiger partial charge >= 0.3 is 0 Å². The molecule has 1 aromatic carbocycles. The molecule has 0 amide bonds. The number of aryl methyl sites for hydroxylation is 2. The van der Waals surface area contributed by atoms with Gasteiger partial charge in [0, 0.05) is 16.3 Å². The lowest BCUT2D eigenvalue weighted by Crippen LogP contribution is -1.89. The fourth-order valence-electron chi connectivity index (χ4n) is 1.74. The zero-order valence-corrected chi connectivity index (χ0v) is 10.2. The van der Waals surface area contributed by atoms with Gasteiger partial charge in [-0.15, -0.1) is 0 Å². The average Bonchev–Trinajstić information content (AvgIpc) is 2.57. The topological polar surface area (TPSA) is 37.9 Å². The van der Waals surface area contributed by atoms with Gasteiger partial charge in [0.25, 0.3) is 0 Å². The number of H-pyrrole nitrogens is 1. The summed E-state index contributed by atoms with van der Waals surface area (Å²) in [6.45, 7) is 3.91. The summed E-state index contributed by atoms with van der Waals surface area (Å²) in [7, 11) is 1.64. The predicted octanol–water partition coefficient (Wildman–Crippen LogP) is 3.36. The van der Waals surface area contributed by atoms with Crippen molar-refractivity contribution in [2.45, 2.75) is 13.8 Å². The number of nitrogens with zero attached hydrogens (tertiary/aromatic N) is 1. The highest BCUT2D eigenvalue weighted by molar-refractivity contribution is 6.31. The lowest BCUT2D eigenvalue weighted by atomic mass is 10.1. The Balaban J connectivity index is 2.62. The number of halogens is 1. The zero-order valence-electron chi connectivity index (χ0n) is 9.47. The summed E-state index contributed by atoms with van der Waals surface area (Å²) < 4.78 is 5.31. The number of imidazole rings is 1. The number of aromatic nitrogens is 2. The monoisotopic (exact) mass is 236 g/mol. The highest BCUT2D eigenvalue weighted by Gasteiger charge is 2.12. The molecule has 0 aliphatic heterocycles. The first-order valence-corrected chi connectivity index (χ1v) is 5.36. The van der Waals surface area contributed by atoms with Gasteiger partial charge in [-0.2, -0.15) is 0 Å². The Bertz CT molecular complexity index is 520. The number of aromatic amines is 1. The lowest BCUT2D eigenvalue weighted by molar-refractivity contribution is 0.416. The third-order valence-corrected chi connectivity index (χ3v) is 2.65. The number of benzene rings is 1. The number of nitrogens with one attached hydrogen (secondary N) is 1. The maximum absolute atomic E-state index is 5.99. The molecule has 0 spiro atoms. The Morgan fingerprint density at radius 3 is 2.62 bits per heavy atom. The van der Waals surface area contributed by atoms with E-state index in [0.717, 1.165) is 28.5 Å². The minimum Gasteiger partial charge on any atom is -0.496 e. The van der Waals surface area contributed by atoms with Gasteiger partial charge < -0.3 is 9.72 Å². The molecule has 0 bridgehead atoms. The van der Waals surface area contributed by atoms with Gasteiger partial charge in [-0.05, 0) is 32.0 Å². The molecule has 0 saturated heterocycles. The molecule has 0 unspecified atom stereocenters. The van der Waals surface area contributed by atoms with Crippen LogP contribution in [0.4, 0.5) is 0 Å². The van der Waals surface area contributed by atoms with E-state index < -0.39 is 0 Å². The van der Waals surface area contributed by atoms with Crippen molar-refractivity contribution in [2.75, 3.05) is 7.11 Å². The van der Waals surface area contributed by atoms with Crippen molar-refractivity contribution in [1.29, 1.82) is 0 Å². The van der Waals surface area contributed by atoms with Gasteiger partial charge in [0.2, 0.25) is 0 Å². The Kier molecular flexibility index (Phi) is 2.88. The minimum atomic E-state index is 0.677. The molecule has 0 atom stereocenters. The van der Waals surface area contributed by atoms with E-state index in [2.05, 4.69) is 9.97 Å². The first-order chi connectivity index (χ1) is 7.61. The standard InChI is InChI=1S/C12H13ClN2O/c1-7-12(15-8(2)14-7)10-6-9(13)4-5-11(10)16-3/h4-6H,1-3H3,(H,14,15). The summed E-state index contributed by atoms with van der Waals surface area (Å²) in [5, 5.41) is 0.677. The van der Waals surface area contributed by atoms with Crippen LogP contribution >= 0.6 is 11.6 Å². The molecule has 16 heavy (non-hydrogen) atoms. The highest BCUT2D eigenvalue weighted by atomic mass is 35.5. The maximum Gasteiger partial charge on any atom is 0.128 e. The van der Waals surface area contributed by atoms with E-state index in [9.17, 15) is 0 Å². The summed E-state index contributed by atoms with van der Waals surface area (Å²) in [5.41, 5.74) is 2.81. The number of hydrogen-bond donors (Lipinski definition) is 1. The molecule has 3 nitrogen and oxygen atoms in total. The van der Waals surface area contributed by atoms with Gasteiger partial charge in [0.1, 0.15) is 11.6 Å². The number of hydrogen-bond acceptors (Lipinski definition) is 2. The van der Waals surface area contributed by atoms with E-state index in [1.54, 1.807) is 13.2 Å². The van der Waals surface area contributed by atoms with Crippen LogP contribution in [0.1, 0.15) is 11.5 Å². The third kappa shape index (κ3) is 1.91. The minimum absolute atomic E-state index is 0.677.